The molecule has 2 N–H and O–H groups in total. The largest absolute Gasteiger partial charge is 0.354 e. The number of fused-ring (bicyclic) bond motifs is 1. The highest BCUT2D eigenvalue weighted by atomic mass is 32.1. The maximum Gasteiger partial charge on any atom is 0.228 e. The monoisotopic (exact) mass is 540 g/mol. The molecule has 5 rings (SSSR count). The van der Waals surface area contributed by atoms with Crippen LogP contribution in [-0.2, 0) is 16.0 Å². The molecular weight excluding hydrogens is 508 g/mol. The summed E-state index contributed by atoms with van der Waals surface area (Å²) in [5.41, 5.74) is 4.37. The van der Waals surface area contributed by atoms with E-state index in [4.69, 9.17) is 9.97 Å². The summed E-state index contributed by atoms with van der Waals surface area (Å²) in [7, 11) is 0. The first kappa shape index (κ1) is 26.5. The summed E-state index contributed by atoms with van der Waals surface area (Å²) in [5, 5.41) is 8.71. The van der Waals surface area contributed by atoms with Crippen LogP contribution in [0, 0.1) is 5.92 Å². The number of ketones is 1. The number of carbonyl (C=O) groups is 2. The third kappa shape index (κ3) is 5.83. The van der Waals surface area contributed by atoms with Crippen molar-refractivity contribution >= 4 is 56.4 Å². The first-order chi connectivity index (χ1) is 18.8. The molecule has 0 bridgehead atoms. The molecule has 1 saturated heterocycles. The molecule has 0 spiro atoms. The van der Waals surface area contributed by atoms with Gasteiger partial charge in [0.1, 0.15) is 0 Å². The number of rotatable bonds is 10. The molecule has 1 aliphatic heterocycles. The molecule has 2 atom stereocenters. The van der Waals surface area contributed by atoms with E-state index in [2.05, 4.69) is 36.0 Å². The van der Waals surface area contributed by atoms with Crippen LogP contribution < -0.4 is 15.5 Å². The normalized spacial score (nSPS) is 16.1. The fourth-order valence-electron chi connectivity index (χ4n) is 4.84. The molecule has 1 aliphatic rings. The number of benzene rings is 1. The van der Waals surface area contributed by atoms with E-state index >= 15 is 0 Å². The molecule has 1 amide bonds. The van der Waals surface area contributed by atoms with Gasteiger partial charge in [-0.05, 0) is 66.6 Å². The highest BCUT2D eigenvalue weighted by Gasteiger charge is 2.36. The van der Waals surface area contributed by atoms with E-state index in [0.29, 0.717) is 30.5 Å². The number of anilines is 4. The average molecular weight is 541 g/mol. The van der Waals surface area contributed by atoms with Crippen LogP contribution in [0.4, 0.5) is 23.1 Å². The van der Waals surface area contributed by atoms with Crippen molar-refractivity contribution in [1.82, 2.24) is 15.0 Å². The SMILES string of the molecule is C=CC(=O)Cc1ccc(Nc2ccc([C@H](C)Nc3nc(N4C(=O)CC[C@@H]4C(C)C)c4sccc4n3)nc2)cc1. The minimum absolute atomic E-state index is 0.000574. The highest BCUT2D eigenvalue weighted by Crippen LogP contribution is 2.37. The second kappa shape index (κ2) is 11.3. The topological polar surface area (TPSA) is 100 Å². The Bertz CT molecular complexity index is 1500. The van der Waals surface area contributed by atoms with E-state index in [9.17, 15) is 9.59 Å². The first-order valence-electron chi connectivity index (χ1n) is 13.1. The number of pyridine rings is 1. The number of thiophene rings is 1. The van der Waals surface area contributed by atoms with Gasteiger partial charge in [0.15, 0.2) is 11.6 Å². The van der Waals surface area contributed by atoms with E-state index in [1.165, 1.54) is 6.08 Å². The van der Waals surface area contributed by atoms with Crippen LogP contribution in [0.5, 0.6) is 0 Å². The maximum absolute atomic E-state index is 12.9. The zero-order valence-electron chi connectivity index (χ0n) is 22.3. The fraction of sp³-hybridized carbons (Fsp3) is 0.300. The third-order valence-corrected chi connectivity index (χ3v) is 7.86. The Hall–Kier alpha value is -4.11. The lowest BCUT2D eigenvalue weighted by Gasteiger charge is -2.27. The van der Waals surface area contributed by atoms with Gasteiger partial charge in [-0.25, -0.2) is 4.98 Å². The summed E-state index contributed by atoms with van der Waals surface area (Å²) in [6.07, 6.45) is 4.87. The van der Waals surface area contributed by atoms with Gasteiger partial charge in [0.2, 0.25) is 11.9 Å². The molecule has 39 heavy (non-hydrogen) atoms. The molecule has 9 heteroatoms. The molecule has 1 fully saturated rings. The van der Waals surface area contributed by atoms with E-state index in [0.717, 1.165) is 39.3 Å². The van der Waals surface area contributed by atoms with E-state index < -0.39 is 0 Å². The Kier molecular flexibility index (Phi) is 7.70. The van der Waals surface area contributed by atoms with Crippen molar-refractivity contribution in [3.63, 3.8) is 0 Å². The van der Waals surface area contributed by atoms with Gasteiger partial charge in [0.25, 0.3) is 0 Å². The predicted molar refractivity (Wildman–Crippen MR) is 158 cm³/mol. The van der Waals surface area contributed by atoms with Gasteiger partial charge in [-0.2, -0.15) is 4.98 Å². The Morgan fingerprint density at radius 3 is 2.59 bits per heavy atom. The first-order valence-corrected chi connectivity index (χ1v) is 14.0. The zero-order valence-corrected chi connectivity index (χ0v) is 23.2. The lowest BCUT2D eigenvalue weighted by atomic mass is 10.0. The van der Waals surface area contributed by atoms with Crippen molar-refractivity contribution in [2.24, 2.45) is 5.92 Å². The molecule has 8 nitrogen and oxygen atoms in total. The second-order valence-electron chi connectivity index (χ2n) is 10.1. The van der Waals surface area contributed by atoms with Crippen molar-refractivity contribution in [3.05, 3.63) is 78.0 Å². The molecule has 0 unspecified atom stereocenters. The molecular formula is C30H32N6O2S. The summed E-state index contributed by atoms with van der Waals surface area (Å²) >= 11 is 1.56. The number of nitrogens with one attached hydrogen (secondary N) is 2. The number of hydrogen-bond acceptors (Lipinski definition) is 8. The number of nitrogens with zero attached hydrogens (tertiary/aromatic N) is 4. The highest BCUT2D eigenvalue weighted by molar-refractivity contribution is 7.17. The quantitative estimate of drug-likeness (QED) is 0.223. The number of amides is 1. The van der Waals surface area contributed by atoms with Crippen molar-refractivity contribution in [2.45, 2.75) is 52.1 Å². The smallest absolute Gasteiger partial charge is 0.228 e. The summed E-state index contributed by atoms with van der Waals surface area (Å²) in [6.45, 7) is 9.83. The number of carbonyl (C=O) groups excluding carboxylic acids is 2. The summed E-state index contributed by atoms with van der Waals surface area (Å²) in [4.78, 5) is 40.5. The molecule has 1 aromatic carbocycles. The third-order valence-electron chi connectivity index (χ3n) is 6.96. The van der Waals surface area contributed by atoms with Crippen molar-refractivity contribution in [1.29, 1.82) is 0 Å². The van der Waals surface area contributed by atoms with Crippen molar-refractivity contribution < 1.29 is 9.59 Å². The number of hydrogen-bond donors (Lipinski definition) is 2. The fourth-order valence-corrected chi connectivity index (χ4v) is 5.65. The minimum Gasteiger partial charge on any atom is -0.354 e. The van der Waals surface area contributed by atoms with Gasteiger partial charge in [-0.1, -0.05) is 32.6 Å². The van der Waals surface area contributed by atoms with Gasteiger partial charge in [0, 0.05) is 24.6 Å². The van der Waals surface area contributed by atoms with Gasteiger partial charge < -0.3 is 10.6 Å². The Balaban J connectivity index is 1.30. The lowest BCUT2D eigenvalue weighted by Crippen LogP contribution is -2.37. The van der Waals surface area contributed by atoms with Gasteiger partial charge in [0.05, 0.1) is 33.8 Å². The molecule has 0 saturated carbocycles. The second-order valence-corrected chi connectivity index (χ2v) is 11.0. The Morgan fingerprint density at radius 2 is 1.90 bits per heavy atom. The van der Waals surface area contributed by atoms with Crippen LogP contribution >= 0.6 is 11.3 Å². The van der Waals surface area contributed by atoms with Gasteiger partial charge in [-0.15, -0.1) is 11.3 Å². The minimum atomic E-state index is -0.153. The molecule has 200 valence electrons. The summed E-state index contributed by atoms with van der Waals surface area (Å²) in [5.74, 6) is 1.63. The van der Waals surface area contributed by atoms with Gasteiger partial charge >= 0.3 is 0 Å². The molecule has 0 aliphatic carbocycles. The maximum atomic E-state index is 12.9. The molecule has 0 radical (unpaired) electrons. The van der Waals surface area contributed by atoms with Crippen molar-refractivity contribution in [2.75, 3.05) is 15.5 Å². The Morgan fingerprint density at radius 1 is 1.13 bits per heavy atom. The Labute approximate surface area is 232 Å². The zero-order chi connectivity index (χ0) is 27.5. The van der Waals surface area contributed by atoms with Gasteiger partial charge in [-0.3, -0.25) is 19.5 Å². The summed E-state index contributed by atoms with van der Waals surface area (Å²) in [6, 6.07) is 13.6. The van der Waals surface area contributed by atoms with Crippen LogP contribution in [0.25, 0.3) is 10.2 Å². The van der Waals surface area contributed by atoms with Crippen LogP contribution in [0.3, 0.4) is 0 Å². The number of aromatic nitrogens is 3. The standard InChI is InChI=1S/C30H32N6O2S/c1-5-23(37)16-20-6-8-21(9-7-20)33-22-10-11-24(31-17-22)19(4)32-30-34-25-14-15-39-28(25)29(35-30)36-26(18(2)3)12-13-27(36)38/h5-11,14-15,17-19,26,33H,1,12-13,16H2,2-4H3,(H,32,34,35)/t19-,26+/m0/s1. The molecule has 3 aromatic heterocycles. The van der Waals surface area contributed by atoms with E-state index in [1.54, 1.807) is 17.5 Å². The average Bonchev–Trinajstić information content (AvgIpc) is 3.56. The predicted octanol–water partition coefficient (Wildman–Crippen LogP) is 6.45. The van der Waals surface area contributed by atoms with E-state index in [1.807, 2.05) is 59.7 Å². The summed E-state index contributed by atoms with van der Waals surface area (Å²) < 4.78 is 0.933. The molecule has 4 aromatic rings. The van der Waals surface area contributed by atoms with E-state index in [-0.39, 0.29) is 23.8 Å². The van der Waals surface area contributed by atoms with Crippen molar-refractivity contribution in [3.8, 4) is 0 Å². The lowest BCUT2D eigenvalue weighted by molar-refractivity contribution is -0.117. The van der Waals surface area contributed by atoms with Crippen LogP contribution in [0.15, 0.2) is 66.7 Å². The van der Waals surface area contributed by atoms with Crippen LogP contribution in [0.2, 0.25) is 0 Å². The molecule has 4 heterocycles. The number of allylic oxidation sites excluding steroid dienone is 1. The van der Waals surface area contributed by atoms with Crippen LogP contribution in [-0.4, -0.2) is 32.7 Å². The van der Waals surface area contributed by atoms with Crippen LogP contribution in [0.1, 0.15) is 50.9 Å².